The number of hydrogen-bond acceptors (Lipinski definition) is 2. The molecule has 0 amide bonds. The van der Waals surface area contributed by atoms with E-state index in [0.29, 0.717) is 0 Å². The fraction of sp³-hybridized carbons (Fsp3) is 0.929. The fourth-order valence-electron chi connectivity index (χ4n) is 2.11. The van der Waals surface area contributed by atoms with E-state index < -0.39 is 0 Å². The molecule has 2 nitrogen and oxygen atoms in total. The van der Waals surface area contributed by atoms with Crippen molar-refractivity contribution in [2.24, 2.45) is 5.92 Å². The zero-order chi connectivity index (χ0) is 12.4. The molecular weight excluding hydrogens is 196 g/mol. The summed E-state index contributed by atoms with van der Waals surface area (Å²) in [6, 6.07) is 0. The highest BCUT2D eigenvalue weighted by molar-refractivity contribution is 4.63. The lowest BCUT2D eigenvalue weighted by Crippen LogP contribution is -2.16. The predicted molar refractivity (Wildman–Crippen MR) is 73.7 cm³/mol. The minimum atomic E-state index is 0.900. The molecule has 0 fully saturated rings. The van der Waals surface area contributed by atoms with Crippen molar-refractivity contribution in [3.63, 3.8) is 0 Å². The average Bonchev–Trinajstić information content (AvgIpc) is 2.16. The Morgan fingerprint density at radius 1 is 0.812 bits per heavy atom. The molecule has 0 rings (SSSR count). The first-order valence-corrected chi connectivity index (χ1v) is 6.65. The SMILES string of the molecule is [CH2]CCC(CCCN(C)C)CCCN(C)C. The normalized spacial score (nSPS) is 12.0. The first-order valence-electron chi connectivity index (χ1n) is 6.65. The molecule has 2 heteroatoms. The van der Waals surface area contributed by atoms with Gasteiger partial charge in [0.1, 0.15) is 0 Å². The molecule has 16 heavy (non-hydrogen) atoms. The van der Waals surface area contributed by atoms with E-state index in [1.807, 2.05) is 0 Å². The summed E-state index contributed by atoms with van der Waals surface area (Å²) < 4.78 is 0. The fourth-order valence-corrected chi connectivity index (χ4v) is 2.11. The van der Waals surface area contributed by atoms with Crippen LogP contribution in [0.1, 0.15) is 38.5 Å². The van der Waals surface area contributed by atoms with E-state index in [1.54, 1.807) is 0 Å². The molecule has 0 atom stereocenters. The number of nitrogens with zero attached hydrogens (tertiary/aromatic N) is 2. The predicted octanol–water partition coefficient (Wildman–Crippen LogP) is 2.90. The molecular formula is C14H31N2. The maximum Gasteiger partial charge on any atom is -0.00247 e. The lowest BCUT2D eigenvalue weighted by molar-refractivity contribution is 0.322. The van der Waals surface area contributed by atoms with E-state index >= 15 is 0 Å². The zero-order valence-corrected chi connectivity index (χ0v) is 11.8. The lowest BCUT2D eigenvalue weighted by atomic mass is 9.93. The number of hydrogen-bond donors (Lipinski definition) is 0. The topological polar surface area (TPSA) is 6.48 Å². The largest absolute Gasteiger partial charge is 0.309 e. The molecule has 0 aliphatic carbocycles. The molecule has 0 N–H and O–H groups in total. The third-order valence-electron chi connectivity index (χ3n) is 3.05. The highest BCUT2D eigenvalue weighted by Gasteiger charge is 2.07. The van der Waals surface area contributed by atoms with Gasteiger partial charge in [-0.05, 0) is 72.9 Å². The standard InChI is InChI=1S/C14H31N2/c1-6-9-14(10-7-12-15(2)3)11-8-13-16(4)5/h14H,1,6-13H2,2-5H3. The third kappa shape index (κ3) is 10.4. The summed E-state index contributed by atoms with van der Waals surface area (Å²) >= 11 is 0. The third-order valence-corrected chi connectivity index (χ3v) is 3.05. The molecule has 0 saturated heterocycles. The van der Waals surface area contributed by atoms with Crippen molar-refractivity contribution in [3.05, 3.63) is 6.92 Å². The smallest absolute Gasteiger partial charge is 0.00247 e. The molecule has 0 saturated carbocycles. The summed E-state index contributed by atoms with van der Waals surface area (Å²) in [4.78, 5) is 4.56. The van der Waals surface area contributed by atoms with Crippen LogP contribution in [-0.2, 0) is 0 Å². The Labute approximate surface area is 103 Å². The molecule has 97 valence electrons. The summed E-state index contributed by atoms with van der Waals surface area (Å²) in [5.41, 5.74) is 0. The van der Waals surface area contributed by atoms with Gasteiger partial charge in [0.15, 0.2) is 0 Å². The average molecular weight is 227 g/mol. The van der Waals surface area contributed by atoms with Crippen molar-refractivity contribution < 1.29 is 0 Å². The molecule has 0 spiro atoms. The Bertz CT molecular complexity index is 130. The Hall–Kier alpha value is -0.0800. The quantitative estimate of drug-likeness (QED) is 0.566. The van der Waals surface area contributed by atoms with Gasteiger partial charge in [-0.1, -0.05) is 19.8 Å². The van der Waals surface area contributed by atoms with E-state index in [4.69, 9.17) is 0 Å². The summed E-state index contributed by atoms with van der Waals surface area (Å²) in [5, 5.41) is 0. The Balaban J connectivity index is 3.61. The van der Waals surface area contributed by atoms with Crippen LogP contribution in [-0.4, -0.2) is 51.1 Å². The molecule has 0 aromatic carbocycles. The van der Waals surface area contributed by atoms with E-state index in [-0.39, 0.29) is 0 Å². The molecule has 0 heterocycles. The van der Waals surface area contributed by atoms with Gasteiger partial charge in [0.05, 0.1) is 0 Å². The van der Waals surface area contributed by atoms with Crippen LogP contribution < -0.4 is 0 Å². The Morgan fingerprint density at radius 2 is 1.25 bits per heavy atom. The van der Waals surface area contributed by atoms with Gasteiger partial charge in [-0.2, -0.15) is 0 Å². The van der Waals surface area contributed by atoms with E-state index in [0.717, 1.165) is 12.3 Å². The highest BCUT2D eigenvalue weighted by atomic mass is 15.0. The maximum atomic E-state index is 3.99. The van der Waals surface area contributed by atoms with Crippen molar-refractivity contribution in [2.45, 2.75) is 38.5 Å². The molecule has 0 aromatic heterocycles. The Morgan fingerprint density at radius 3 is 1.56 bits per heavy atom. The second-order valence-electron chi connectivity index (χ2n) is 5.40. The van der Waals surface area contributed by atoms with Crippen molar-refractivity contribution in [1.82, 2.24) is 9.80 Å². The van der Waals surface area contributed by atoms with Crippen LogP contribution >= 0.6 is 0 Å². The van der Waals surface area contributed by atoms with Crippen molar-refractivity contribution in [1.29, 1.82) is 0 Å². The van der Waals surface area contributed by atoms with Gasteiger partial charge < -0.3 is 9.80 Å². The van der Waals surface area contributed by atoms with Gasteiger partial charge in [0.2, 0.25) is 0 Å². The van der Waals surface area contributed by atoms with Crippen LogP contribution in [0.5, 0.6) is 0 Å². The first kappa shape index (κ1) is 15.9. The van der Waals surface area contributed by atoms with Gasteiger partial charge in [-0.15, -0.1) is 0 Å². The van der Waals surface area contributed by atoms with E-state index in [2.05, 4.69) is 44.9 Å². The minimum Gasteiger partial charge on any atom is -0.309 e. The summed E-state index contributed by atoms with van der Waals surface area (Å²) in [6.07, 6.45) is 7.82. The van der Waals surface area contributed by atoms with Crippen LogP contribution in [0.3, 0.4) is 0 Å². The Kier molecular flexibility index (Phi) is 10.0. The zero-order valence-electron chi connectivity index (χ0n) is 11.8. The van der Waals surface area contributed by atoms with Crippen molar-refractivity contribution in [2.75, 3.05) is 41.3 Å². The first-order chi connectivity index (χ1) is 7.56. The van der Waals surface area contributed by atoms with E-state index in [1.165, 1.54) is 45.2 Å². The van der Waals surface area contributed by atoms with Crippen LogP contribution in [0.15, 0.2) is 0 Å². The van der Waals surface area contributed by atoms with Gasteiger partial charge in [-0.25, -0.2) is 0 Å². The minimum absolute atomic E-state index is 0.900. The van der Waals surface area contributed by atoms with Gasteiger partial charge in [0.25, 0.3) is 0 Å². The van der Waals surface area contributed by atoms with Crippen LogP contribution in [0.4, 0.5) is 0 Å². The van der Waals surface area contributed by atoms with Gasteiger partial charge in [-0.3, -0.25) is 0 Å². The summed E-state index contributed by atoms with van der Waals surface area (Å²) in [7, 11) is 8.62. The van der Waals surface area contributed by atoms with E-state index in [9.17, 15) is 0 Å². The molecule has 0 aliphatic heterocycles. The monoisotopic (exact) mass is 227 g/mol. The van der Waals surface area contributed by atoms with Gasteiger partial charge >= 0.3 is 0 Å². The van der Waals surface area contributed by atoms with Crippen LogP contribution in [0.25, 0.3) is 0 Å². The highest BCUT2D eigenvalue weighted by Crippen LogP contribution is 2.19. The van der Waals surface area contributed by atoms with Crippen LogP contribution in [0, 0.1) is 12.8 Å². The lowest BCUT2D eigenvalue weighted by Gasteiger charge is -2.18. The van der Waals surface area contributed by atoms with Crippen LogP contribution in [0.2, 0.25) is 0 Å². The molecule has 0 unspecified atom stereocenters. The molecule has 0 aromatic rings. The second kappa shape index (κ2) is 10.1. The summed E-state index contributed by atoms with van der Waals surface area (Å²) in [5.74, 6) is 0.900. The molecule has 1 radical (unpaired) electrons. The second-order valence-corrected chi connectivity index (χ2v) is 5.40. The maximum absolute atomic E-state index is 3.99. The molecule has 0 aliphatic rings. The van der Waals surface area contributed by atoms with Crippen molar-refractivity contribution >= 4 is 0 Å². The molecule has 0 bridgehead atoms. The summed E-state index contributed by atoms with van der Waals surface area (Å²) in [6.45, 7) is 6.44. The van der Waals surface area contributed by atoms with Crippen molar-refractivity contribution in [3.8, 4) is 0 Å². The van der Waals surface area contributed by atoms with Gasteiger partial charge in [0, 0.05) is 0 Å². The number of rotatable bonds is 10.